The van der Waals surface area contributed by atoms with Crippen molar-refractivity contribution in [2.24, 2.45) is 0 Å². The van der Waals surface area contributed by atoms with Gasteiger partial charge in [-0.15, -0.1) is 0 Å². The Bertz CT molecular complexity index is 2160. The number of hydrogen-bond donors (Lipinski definition) is 0. The van der Waals surface area contributed by atoms with E-state index >= 15 is 0 Å². The number of ether oxygens (including phenoxy) is 2. The fourth-order valence-electron chi connectivity index (χ4n) is 5.94. The van der Waals surface area contributed by atoms with E-state index < -0.39 is 0 Å². The van der Waals surface area contributed by atoms with Crippen LogP contribution in [0.3, 0.4) is 0 Å². The Kier molecular flexibility index (Phi) is 8.69. The Morgan fingerprint density at radius 3 is 2.06 bits per heavy atom. The molecule has 0 aliphatic carbocycles. The van der Waals surface area contributed by atoms with Crippen LogP contribution < -0.4 is 4.74 Å². The van der Waals surface area contributed by atoms with Gasteiger partial charge in [0.15, 0.2) is 0 Å². The van der Waals surface area contributed by atoms with Gasteiger partial charge in [-0.3, -0.25) is 9.97 Å². The summed E-state index contributed by atoms with van der Waals surface area (Å²) in [6.07, 6.45) is 6.46. The summed E-state index contributed by atoms with van der Waals surface area (Å²) in [4.78, 5) is 22.0. The quantitative estimate of drug-likeness (QED) is 0.113. The van der Waals surface area contributed by atoms with E-state index in [-0.39, 0.29) is 12.6 Å². The number of carbonyl (C=O) groups is 1. The lowest BCUT2D eigenvalue weighted by Crippen LogP contribution is -2.05. The Labute approximate surface area is 274 Å². The van der Waals surface area contributed by atoms with Crippen LogP contribution in [-0.4, -0.2) is 15.9 Å². The summed E-state index contributed by atoms with van der Waals surface area (Å²) >= 11 is 0. The van der Waals surface area contributed by atoms with Gasteiger partial charge in [0.25, 0.3) is 0 Å². The van der Waals surface area contributed by atoms with E-state index in [4.69, 9.17) is 19.4 Å². The van der Waals surface area contributed by atoms with Crippen LogP contribution in [-0.2, 0) is 30.6 Å². The van der Waals surface area contributed by atoms with E-state index in [1.807, 2.05) is 42.6 Å². The van der Waals surface area contributed by atoms with Gasteiger partial charge >= 0.3 is 5.97 Å². The second-order valence-electron chi connectivity index (χ2n) is 11.7. The molecule has 0 radical (unpaired) electrons. The third kappa shape index (κ3) is 6.90. The molecule has 0 N–H and O–H groups in total. The fourth-order valence-corrected chi connectivity index (χ4v) is 5.94. The first-order valence-electron chi connectivity index (χ1n) is 15.9. The minimum atomic E-state index is -0.378. The highest BCUT2D eigenvalue weighted by molar-refractivity contribution is 6.06. The smallest absolute Gasteiger partial charge is 0.338 e. The maximum Gasteiger partial charge on any atom is 0.338 e. The monoisotopic (exact) mass is 614 g/mol. The molecular formula is C42H34N2O3. The van der Waals surface area contributed by atoms with Crippen LogP contribution in [0.25, 0.3) is 21.8 Å². The van der Waals surface area contributed by atoms with Crippen LogP contribution in [0.2, 0.25) is 0 Å². The van der Waals surface area contributed by atoms with E-state index in [0.717, 1.165) is 46.6 Å². The van der Waals surface area contributed by atoms with Gasteiger partial charge in [-0.05, 0) is 102 Å². The molecule has 47 heavy (non-hydrogen) atoms. The van der Waals surface area contributed by atoms with Gasteiger partial charge in [-0.2, -0.15) is 0 Å². The van der Waals surface area contributed by atoms with Crippen LogP contribution in [0.4, 0.5) is 0 Å². The largest absolute Gasteiger partial charge is 0.457 e. The third-order valence-corrected chi connectivity index (χ3v) is 8.54. The maximum absolute atomic E-state index is 12.6. The minimum Gasteiger partial charge on any atom is -0.457 e. The molecule has 0 aliphatic heterocycles. The average Bonchev–Trinajstić information content (AvgIpc) is 3.12. The van der Waals surface area contributed by atoms with Crippen LogP contribution >= 0.6 is 0 Å². The molecule has 0 amide bonds. The van der Waals surface area contributed by atoms with Crippen LogP contribution in [0.15, 0.2) is 140 Å². The predicted molar refractivity (Wildman–Crippen MR) is 187 cm³/mol. The summed E-state index contributed by atoms with van der Waals surface area (Å²) in [6.45, 7) is 2.42. The molecule has 0 aliphatic rings. The highest BCUT2D eigenvalue weighted by Crippen LogP contribution is 2.34. The normalized spacial score (nSPS) is 11.1. The second-order valence-corrected chi connectivity index (χ2v) is 11.7. The number of benzene rings is 5. The molecule has 0 saturated heterocycles. The standard InChI is InChI=1S/C42H34N2O3/c1-29-12-13-32(26-34(29)15-14-30-8-4-2-5-9-30)27-35-22-24-43-40-37(35)20-21-38-39(23-25-44-41(38)40)47-36-18-16-33(17-19-36)42(45)46-28-31-10-6-3-7-11-31/h2-13,16-26H,14-15,27-28H2,1H3. The number of esters is 1. The second kappa shape index (κ2) is 13.7. The highest BCUT2D eigenvalue weighted by atomic mass is 16.5. The summed E-state index contributed by atoms with van der Waals surface area (Å²) in [7, 11) is 0. The number of fused-ring (bicyclic) bond motifs is 3. The van der Waals surface area contributed by atoms with Crippen LogP contribution in [0.1, 0.15) is 43.7 Å². The molecule has 7 aromatic rings. The van der Waals surface area contributed by atoms with Gasteiger partial charge < -0.3 is 9.47 Å². The third-order valence-electron chi connectivity index (χ3n) is 8.54. The molecule has 230 valence electrons. The van der Waals surface area contributed by atoms with Crippen molar-refractivity contribution < 1.29 is 14.3 Å². The van der Waals surface area contributed by atoms with Gasteiger partial charge in [0.05, 0.1) is 11.1 Å². The van der Waals surface area contributed by atoms with E-state index in [0.29, 0.717) is 17.1 Å². The van der Waals surface area contributed by atoms with Crippen molar-refractivity contribution in [3.8, 4) is 11.5 Å². The molecule has 0 spiro atoms. The first kappa shape index (κ1) is 29.9. The van der Waals surface area contributed by atoms with Crippen molar-refractivity contribution >= 4 is 27.8 Å². The van der Waals surface area contributed by atoms with Crippen molar-refractivity contribution in [1.82, 2.24) is 9.97 Å². The Morgan fingerprint density at radius 2 is 1.30 bits per heavy atom. The first-order valence-corrected chi connectivity index (χ1v) is 15.9. The lowest BCUT2D eigenvalue weighted by Gasteiger charge is -2.13. The van der Waals surface area contributed by atoms with E-state index in [2.05, 4.69) is 73.7 Å². The first-order chi connectivity index (χ1) is 23.1. The predicted octanol–water partition coefficient (Wildman–Crippen LogP) is 9.62. The van der Waals surface area contributed by atoms with Gasteiger partial charge in [-0.25, -0.2) is 4.79 Å². The van der Waals surface area contributed by atoms with Crippen LogP contribution in [0.5, 0.6) is 11.5 Å². The van der Waals surface area contributed by atoms with Gasteiger partial charge in [0, 0.05) is 23.2 Å². The molecule has 0 atom stereocenters. The lowest BCUT2D eigenvalue weighted by atomic mass is 9.94. The minimum absolute atomic E-state index is 0.228. The van der Waals surface area contributed by atoms with Crippen molar-refractivity contribution in [2.75, 3.05) is 0 Å². The zero-order valence-corrected chi connectivity index (χ0v) is 26.2. The number of aromatic nitrogens is 2. The summed E-state index contributed by atoms with van der Waals surface area (Å²) in [5, 5.41) is 1.95. The molecule has 7 rings (SSSR count). The van der Waals surface area contributed by atoms with Crippen molar-refractivity contribution in [1.29, 1.82) is 0 Å². The molecular weight excluding hydrogens is 580 g/mol. The van der Waals surface area contributed by atoms with Crippen molar-refractivity contribution in [3.05, 3.63) is 179 Å². The van der Waals surface area contributed by atoms with Gasteiger partial charge in [-0.1, -0.05) is 84.9 Å². The molecule has 0 saturated carbocycles. The van der Waals surface area contributed by atoms with Gasteiger partial charge in [0.2, 0.25) is 0 Å². The molecule has 0 unspecified atom stereocenters. The van der Waals surface area contributed by atoms with Crippen LogP contribution in [0, 0.1) is 6.92 Å². The number of carbonyl (C=O) groups excluding carboxylic acids is 1. The zero-order valence-electron chi connectivity index (χ0n) is 26.2. The zero-order chi connectivity index (χ0) is 32.0. The Morgan fingerprint density at radius 1 is 0.617 bits per heavy atom. The number of pyridine rings is 2. The number of aryl methyl sites for hydroxylation is 3. The Balaban J connectivity index is 1.09. The molecule has 0 bridgehead atoms. The maximum atomic E-state index is 12.6. The molecule has 5 nitrogen and oxygen atoms in total. The van der Waals surface area contributed by atoms with Crippen molar-refractivity contribution in [3.63, 3.8) is 0 Å². The van der Waals surface area contributed by atoms with E-state index in [9.17, 15) is 4.79 Å². The lowest BCUT2D eigenvalue weighted by molar-refractivity contribution is 0.0472. The number of rotatable bonds is 10. The number of hydrogen-bond acceptors (Lipinski definition) is 5. The molecule has 0 fully saturated rings. The number of nitrogens with zero attached hydrogens (tertiary/aromatic N) is 2. The molecule has 5 aromatic carbocycles. The molecule has 5 heteroatoms. The topological polar surface area (TPSA) is 61.3 Å². The SMILES string of the molecule is Cc1ccc(Cc2ccnc3c2ccc2c(Oc4ccc(C(=O)OCc5ccccc5)cc4)ccnc23)cc1CCc1ccccc1. The summed E-state index contributed by atoms with van der Waals surface area (Å²) in [6, 6.07) is 42.2. The van der Waals surface area contributed by atoms with E-state index in [1.165, 1.54) is 27.8 Å². The summed E-state index contributed by atoms with van der Waals surface area (Å²) in [5.41, 5.74) is 9.60. The van der Waals surface area contributed by atoms with Crippen molar-refractivity contribution in [2.45, 2.75) is 32.8 Å². The summed E-state index contributed by atoms with van der Waals surface area (Å²) in [5.74, 6) is 0.906. The fraction of sp³-hybridized carbons (Fsp3) is 0.119. The molecule has 2 heterocycles. The highest BCUT2D eigenvalue weighted by Gasteiger charge is 2.13. The molecule has 2 aromatic heterocycles. The average molecular weight is 615 g/mol. The van der Waals surface area contributed by atoms with E-state index in [1.54, 1.807) is 30.5 Å². The van der Waals surface area contributed by atoms with Gasteiger partial charge in [0.1, 0.15) is 23.6 Å². The Hall–Kier alpha value is -5.81. The summed E-state index contributed by atoms with van der Waals surface area (Å²) < 4.78 is 11.8.